The fourth-order valence-electron chi connectivity index (χ4n) is 3.45. The maximum Gasteiger partial charge on any atom is 0.180 e. The van der Waals surface area contributed by atoms with E-state index in [0.29, 0.717) is 18.1 Å². The van der Waals surface area contributed by atoms with Crippen LogP contribution in [0.1, 0.15) is 63.4 Å². The molecule has 0 saturated carbocycles. The van der Waals surface area contributed by atoms with E-state index in [9.17, 15) is 9.50 Å². The molecule has 0 aliphatic rings. The molecule has 0 amide bonds. The van der Waals surface area contributed by atoms with Crippen molar-refractivity contribution in [1.29, 1.82) is 0 Å². The summed E-state index contributed by atoms with van der Waals surface area (Å²) in [5.74, 6) is 1.54. The van der Waals surface area contributed by atoms with Gasteiger partial charge < -0.3 is 14.6 Å². The molecule has 173 valence electrons. The molecule has 9 heteroatoms. The molecule has 1 heterocycles. The number of aryl methyl sites for hydroxylation is 1. The molecule has 2 aromatic carbocycles. The Balaban J connectivity index is 0.00000385. The van der Waals surface area contributed by atoms with Crippen molar-refractivity contribution in [3.8, 4) is 17.2 Å². The maximum absolute atomic E-state index is 13.0. The molecule has 7 nitrogen and oxygen atoms in total. The van der Waals surface area contributed by atoms with Crippen LogP contribution in [0, 0.1) is 5.82 Å². The number of hydrogen-bond donors (Lipinski definition) is 2. The van der Waals surface area contributed by atoms with E-state index in [4.69, 9.17) is 9.47 Å². The summed E-state index contributed by atoms with van der Waals surface area (Å²) in [7, 11) is 0. The van der Waals surface area contributed by atoms with Crippen LogP contribution < -0.4 is 9.47 Å². The average Bonchev–Trinajstić information content (AvgIpc) is 3.33. The van der Waals surface area contributed by atoms with E-state index in [-0.39, 0.29) is 53.1 Å². The van der Waals surface area contributed by atoms with Gasteiger partial charge in [0.05, 0.1) is 6.61 Å². The third-order valence-corrected chi connectivity index (χ3v) is 5.48. The summed E-state index contributed by atoms with van der Waals surface area (Å²) in [5, 5.41) is 24.7. The number of halogens is 1. The Labute approximate surface area is 216 Å². The molecule has 2 N–H and O–H groups in total. The number of rotatable bonds is 12. The van der Waals surface area contributed by atoms with Crippen LogP contribution in [0.25, 0.3) is 0 Å². The van der Waals surface area contributed by atoms with E-state index in [1.807, 2.05) is 13.0 Å². The van der Waals surface area contributed by atoms with Gasteiger partial charge >= 0.3 is 0 Å². The first-order chi connectivity index (χ1) is 15.4. The summed E-state index contributed by atoms with van der Waals surface area (Å²) >= 11 is 0. The van der Waals surface area contributed by atoms with Gasteiger partial charge in [0.2, 0.25) is 0 Å². The zero-order valence-corrected chi connectivity index (χ0v) is 21.9. The molecular weight excluding hydrogens is 434 g/mol. The van der Waals surface area contributed by atoms with Crippen LogP contribution in [0.15, 0.2) is 36.4 Å². The Kier molecular flexibility index (Phi) is 10.6. The minimum absolute atomic E-state index is 0. The van der Waals surface area contributed by atoms with Crippen molar-refractivity contribution in [3.63, 3.8) is 0 Å². The van der Waals surface area contributed by atoms with Gasteiger partial charge in [-0.1, -0.05) is 51.0 Å². The second kappa shape index (κ2) is 12.9. The fourth-order valence-corrected chi connectivity index (χ4v) is 3.45. The third kappa shape index (κ3) is 7.98. The number of phenolic OH excluding ortho intramolecular Hbond substituents is 1. The quantitative estimate of drug-likeness (QED) is 0.297. The first-order valence-electron chi connectivity index (χ1n) is 11.0. The topological polar surface area (TPSA) is 93.1 Å². The van der Waals surface area contributed by atoms with Gasteiger partial charge in [-0.15, -0.1) is 10.2 Å². The normalized spacial score (nSPS) is 11.2. The smallest absolute Gasteiger partial charge is 0.180 e. The molecule has 0 spiro atoms. The van der Waals surface area contributed by atoms with Crippen molar-refractivity contribution in [2.24, 2.45) is 0 Å². The van der Waals surface area contributed by atoms with Crippen LogP contribution in [0.2, 0.25) is 0 Å². The number of ether oxygens (including phenoxy) is 2. The summed E-state index contributed by atoms with van der Waals surface area (Å²) in [6.45, 7) is 7.08. The third-order valence-electron chi connectivity index (χ3n) is 5.48. The molecule has 0 unspecified atom stereocenters. The Bertz CT molecular complexity index is 982. The Hall–Kier alpha value is -2.16. The number of unbranched alkanes of at least 4 members (excludes halogenated alkanes) is 2. The molecule has 33 heavy (non-hydrogen) atoms. The standard InChI is InChI=1S/C24H31FN4O3.Na/c1-4-18-14-22(32-16-17-8-10-19(25)11-9-17)20(30)15-21(18)31-13-7-5-6-12-24(2,3)23-26-28-29-27-23;/h8-11,14-15,30H,4-7,12-13,16H2,1-3H3,(H,26,27,28,29);. The molecule has 0 bridgehead atoms. The van der Waals surface area contributed by atoms with E-state index in [0.717, 1.165) is 49.1 Å². The Morgan fingerprint density at radius 1 is 1.03 bits per heavy atom. The van der Waals surface area contributed by atoms with Gasteiger partial charge in [0.15, 0.2) is 17.3 Å². The molecule has 3 aromatic rings. The van der Waals surface area contributed by atoms with E-state index in [2.05, 4.69) is 34.5 Å². The number of aromatic nitrogens is 4. The minimum atomic E-state index is -0.290. The number of tetrazole rings is 1. The number of benzene rings is 2. The first kappa shape index (κ1) is 27.1. The largest absolute Gasteiger partial charge is 0.504 e. The molecule has 0 fully saturated rings. The van der Waals surface area contributed by atoms with E-state index < -0.39 is 0 Å². The second-order valence-electron chi connectivity index (χ2n) is 8.47. The number of phenols is 1. The zero-order valence-electron chi connectivity index (χ0n) is 19.9. The van der Waals surface area contributed by atoms with E-state index in [1.165, 1.54) is 12.1 Å². The average molecular weight is 466 g/mol. The monoisotopic (exact) mass is 465 g/mol. The van der Waals surface area contributed by atoms with Crippen LogP contribution in [-0.4, -0.2) is 61.9 Å². The van der Waals surface area contributed by atoms with Gasteiger partial charge in [-0.25, -0.2) is 4.39 Å². The molecule has 3 rings (SSSR count). The van der Waals surface area contributed by atoms with Crippen LogP contribution in [0.3, 0.4) is 0 Å². The predicted octanol–water partition coefficient (Wildman–Crippen LogP) is 4.72. The molecular formula is C24H31FN4NaO3. The molecule has 0 saturated heterocycles. The zero-order chi connectivity index (χ0) is 23.0. The van der Waals surface area contributed by atoms with Gasteiger partial charge in [-0.2, -0.15) is 5.21 Å². The SMILES string of the molecule is CCc1cc(OCc2ccc(F)cc2)c(O)cc1OCCCCCC(C)(C)c1nn[nH]n1.[Na]. The van der Waals surface area contributed by atoms with Crippen LogP contribution in [-0.2, 0) is 18.4 Å². The van der Waals surface area contributed by atoms with Gasteiger partial charge in [0.1, 0.15) is 18.2 Å². The molecule has 1 radical (unpaired) electrons. The van der Waals surface area contributed by atoms with Crippen LogP contribution in [0.4, 0.5) is 4.39 Å². The summed E-state index contributed by atoms with van der Waals surface area (Å²) in [5.41, 5.74) is 1.68. The maximum atomic E-state index is 13.0. The molecule has 0 aliphatic heterocycles. The number of hydrogen-bond acceptors (Lipinski definition) is 6. The van der Waals surface area contributed by atoms with Gasteiger partial charge in [-0.3, -0.25) is 0 Å². The van der Waals surface area contributed by atoms with Crippen molar-refractivity contribution in [1.82, 2.24) is 20.6 Å². The van der Waals surface area contributed by atoms with E-state index >= 15 is 0 Å². The minimum Gasteiger partial charge on any atom is -0.504 e. The number of nitrogens with one attached hydrogen (secondary N) is 1. The van der Waals surface area contributed by atoms with Crippen molar-refractivity contribution >= 4 is 29.6 Å². The van der Waals surface area contributed by atoms with Crippen LogP contribution in [0.5, 0.6) is 17.2 Å². The summed E-state index contributed by atoms with van der Waals surface area (Å²) < 4.78 is 24.7. The predicted molar refractivity (Wildman–Crippen MR) is 125 cm³/mol. The summed E-state index contributed by atoms with van der Waals surface area (Å²) in [6, 6.07) is 9.51. The number of nitrogens with zero attached hydrogens (tertiary/aromatic N) is 3. The Morgan fingerprint density at radius 2 is 1.79 bits per heavy atom. The summed E-state index contributed by atoms with van der Waals surface area (Å²) in [6.07, 6.45) is 4.69. The van der Waals surface area contributed by atoms with Gasteiger partial charge in [0, 0.05) is 41.0 Å². The van der Waals surface area contributed by atoms with Gasteiger partial charge in [-0.05, 0) is 48.6 Å². The van der Waals surface area contributed by atoms with Crippen molar-refractivity contribution in [2.75, 3.05) is 6.61 Å². The number of aromatic hydroxyl groups is 1. The van der Waals surface area contributed by atoms with Crippen molar-refractivity contribution in [2.45, 2.75) is 64.9 Å². The number of H-pyrrole nitrogens is 1. The van der Waals surface area contributed by atoms with Crippen molar-refractivity contribution < 1.29 is 19.0 Å². The first-order valence-corrected chi connectivity index (χ1v) is 11.0. The second-order valence-corrected chi connectivity index (χ2v) is 8.47. The fraction of sp³-hybridized carbons (Fsp3) is 0.458. The Morgan fingerprint density at radius 3 is 2.45 bits per heavy atom. The van der Waals surface area contributed by atoms with Crippen LogP contribution >= 0.6 is 0 Å². The van der Waals surface area contributed by atoms with Gasteiger partial charge in [0.25, 0.3) is 0 Å². The van der Waals surface area contributed by atoms with E-state index in [1.54, 1.807) is 18.2 Å². The number of aromatic amines is 1. The van der Waals surface area contributed by atoms with Crippen molar-refractivity contribution in [3.05, 3.63) is 59.2 Å². The molecule has 1 aromatic heterocycles. The molecule has 0 atom stereocenters. The molecule has 0 aliphatic carbocycles. The summed E-state index contributed by atoms with van der Waals surface area (Å²) in [4.78, 5) is 0.